The minimum absolute atomic E-state index is 0.0958. The van der Waals surface area contributed by atoms with Crippen LogP contribution in [0.2, 0.25) is 0 Å². The van der Waals surface area contributed by atoms with Crippen molar-refractivity contribution in [3.8, 4) is 11.5 Å². The molecule has 2 aromatic heterocycles. The monoisotopic (exact) mass is 337 g/mol. The Morgan fingerprint density at radius 1 is 1.45 bits per heavy atom. The molecule has 7 heteroatoms. The van der Waals surface area contributed by atoms with Crippen molar-refractivity contribution < 1.29 is 9.90 Å². The van der Waals surface area contributed by atoms with Gasteiger partial charge in [0.2, 0.25) is 0 Å². The number of halogens is 1. The fraction of sp³-hybridized carbons (Fsp3) is 0.231. The second-order valence-electron chi connectivity index (χ2n) is 4.23. The molecule has 2 rings (SSSR count). The molecule has 0 aliphatic rings. The maximum atomic E-state index is 12.0. The van der Waals surface area contributed by atoms with Crippen LogP contribution in [-0.2, 0) is 11.2 Å². The average molecular weight is 338 g/mol. The van der Waals surface area contributed by atoms with Crippen molar-refractivity contribution in [2.24, 2.45) is 0 Å². The van der Waals surface area contributed by atoms with E-state index < -0.39 is 5.97 Å². The van der Waals surface area contributed by atoms with E-state index in [1.165, 1.54) is 0 Å². The molecule has 0 aliphatic heterocycles. The number of hydrogen-bond donors (Lipinski definition) is 2. The highest BCUT2D eigenvalue weighted by Gasteiger charge is 2.11. The van der Waals surface area contributed by atoms with Gasteiger partial charge in [0.05, 0.1) is 0 Å². The van der Waals surface area contributed by atoms with Gasteiger partial charge in [0, 0.05) is 28.3 Å². The Balaban J connectivity index is 2.37. The number of aryl methyl sites for hydroxylation is 1. The van der Waals surface area contributed by atoms with Crippen LogP contribution in [0.3, 0.4) is 0 Å². The Kier molecular flexibility index (Phi) is 4.29. The van der Waals surface area contributed by atoms with Gasteiger partial charge in [-0.3, -0.25) is 14.6 Å². The number of aliphatic carboxylic acids is 1. The Morgan fingerprint density at radius 3 is 2.75 bits per heavy atom. The van der Waals surface area contributed by atoms with Gasteiger partial charge in [-0.2, -0.15) is 0 Å². The highest BCUT2D eigenvalue weighted by Crippen LogP contribution is 2.15. The number of carboxylic acid groups (broad SMARTS) is 1. The molecule has 0 saturated heterocycles. The van der Waals surface area contributed by atoms with Gasteiger partial charge < -0.3 is 10.1 Å². The van der Waals surface area contributed by atoms with Crippen LogP contribution in [0.4, 0.5) is 0 Å². The fourth-order valence-corrected chi connectivity index (χ4v) is 2.01. The van der Waals surface area contributed by atoms with Crippen LogP contribution in [-0.4, -0.2) is 26.0 Å². The van der Waals surface area contributed by atoms with Gasteiger partial charge >= 0.3 is 5.97 Å². The SMILES string of the molecule is Cc1nc(-c2ccc(Br)cn2)[nH]c(=O)c1CCC(=O)O. The number of hydrogen-bond acceptors (Lipinski definition) is 4. The molecule has 0 aliphatic carbocycles. The van der Waals surface area contributed by atoms with Gasteiger partial charge in [-0.1, -0.05) is 0 Å². The quantitative estimate of drug-likeness (QED) is 0.888. The normalized spacial score (nSPS) is 10.5. The molecule has 2 N–H and O–H groups in total. The van der Waals surface area contributed by atoms with Crippen molar-refractivity contribution in [1.82, 2.24) is 15.0 Å². The molecule has 0 unspecified atom stereocenters. The van der Waals surface area contributed by atoms with Crippen LogP contribution in [0.15, 0.2) is 27.6 Å². The summed E-state index contributed by atoms with van der Waals surface area (Å²) in [4.78, 5) is 33.6. The molecule has 2 aromatic rings. The van der Waals surface area contributed by atoms with Gasteiger partial charge in [0.1, 0.15) is 5.69 Å². The minimum atomic E-state index is -0.942. The van der Waals surface area contributed by atoms with E-state index in [2.05, 4.69) is 30.9 Å². The van der Waals surface area contributed by atoms with E-state index in [1.807, 2.05) is 0 Å². The standard InChI is InChI=1S/C13H12BrN3O3/c1-7-9(3-5-11(18)19)13(20)17-12(16-7)10-4-2-8(14)6-15-10/h2,4,6H,3,5H2,1H3,(H,18,19)(H,16,17,20). The highest BCUT2D eigenvalue weighted by atomic mass is 79.9. The predicted molar refractivity (Wildman–Crippen MR) is 76.5 cm³/mol. The first-order valence-electron chi connectivity index (χ1n) is 5.91. The average Bonchev–Trinajstić information content (AvgIpc) is 2.38. The van der Waals surface area contributed by atoms with E-state index in [4.69, 9.17) is 5.11 Å². The highest BCUT2D eigenvalue weighted by molar-refractivity contribution is 9.10. The zero-order valence-electron chi connectivity index (χ0n) is 10.7. The number of H-pyrrole nitrogens is 1. The zero-order chi connectivity index (χ0) is 14.7. The Bertz CT molecular complexity index is 695. The molecule has 0 fully saturated rings. The van der Waals surface area contributed by atoms with E-state index in [0.717, 1.165) is 4.47 Å². The molecule has 0 aromatic carbocycles. The number of nitrogens with one attached hydrogen (secondary N) is 1. The van der Waals surface area contributed by atoms with Crippen LogP contribution < -0.4 is 5.56 Å². The van der Waals surface area contributed by atoms with E-state index in [-0.39, 0.29) is 18.4 Å². The molecule has 0 radical (unpaired) electrons. The lowest BCUT2D eigenvalue weighted by Crippen LogP contribution is -2.18. The Hall–Kier alpha value is -2.02. The summed E-state index contributed by atoms with van der Waals surface area (Å²) in [5.74, 6) is -0.568. The summed E-state index contributed by atoms with van der Waals surface area (Å²) in [5, 5.41) is 8.67. The molecule has 104 valence electrons. The lowest BCUT2D eigenvalue weighted by atomic mass is 10.1. The number of carbonyl (C=O) groups is 1. The minimum Gasteiger partial charge on any atom is -0.481 e. The lowest BCUT2D eigenvalue weighted by molar-refractivity contribution is -0.136. The number of aromatic amines is 1. The van der Waals surface area contributed by atoms with E-state index >= 15 is 0 Å². The molecule has 0 amide bonds. The van der Waals surface area contributed by atoms with Crippen LogP contribution >= 0.6 is 15.9 Å². The number of nitrogens with zero attached hydrogens (tertiary/aromatic N) is 2. The zero-order valence-corrected chi connectivity index (χ0v) is 12.3. The van der Waals surface area contributed by atoms with E-state index in [0.29, 0.717) is 22.8 Å². The predicted octanol–water partition coefficient (Wildman–Crippen LogP) is 1.92. The van der Waals surface area contributed by atoms with Crippen LogP contribution in [0.5, 0.6) is 0 Å². The summed E-state index contributed by atoms with van der Waals surface area (Å²) in [6.45, 7) is 1.69. The summed E-state index contributed by atoms with van der Waals surface area (Å²) in [6, 6.07) is 3.54. The van der Waals surface area contributed by atoms with Crippen molar-refractivity contribution in [1.29, 1.82) is 0 Å². The third-order valence-electron chi connectivity index (χ3n) is 2.78. The molecule has 2 heterocycles. The summed E-state index contributed by atoms with van der Waals surface area (Å²) in [6.07, 6.45) is 1.68. The third kappa shape index (κ3) is 3.30. The molecular formula is C13H12BrN3O3. The fourth-order valence-electron chi connectivity index (χ4n) is 1.77. The first-order valence-corrected chi connectivity index (χ1v) is 6.70. The van der Waals surface area contributed by atoms with Crippen molar-refractivity contribution in [3.05, 3.63) is 44.4 Å². The Labute approximate surface area is 123 Å². The topological polar surface area (TPSA) is 95.9 Å². The van der Waals surface area contributed by atoms with E-state index in [1.54, 1.807) is 25.3 Å². The Morgan fingerprint density at radius 2 is 2.20 bits per heavy atom. The van der Waals surface area contributed by atoms with Crippen molar-refractivity contribution in [2.75, 3.05) is 0 Å². The summed E-state index contributed by atoms with van der Waals surface area (Å²) in [5.41, 5.74) is 1.15. The second kappa shape index (κ2) is 5.96. The van der Waals surface area contributed by atoms with Crippen molar-refractivity contribution >= 4 is 21.9 Å². The maximum Gasteiger partial charge on any atom is 0.303 e. The molecule has 0 spiro atoms. The van der Waals surface area contributed by atoms with Crippen LogP contribution in [0.1, 0.15) is 17.7 Å². The van der Waals surface area contributed by atoms with Gasteiger partial charge in [0.25, 0.3) is 5.56 Å². The van der Waals surface area contributed by atoms with Gasteiger partial charge in [-0.05, 0) is 41.4 Å². The van der Waals surface area contributed by atoms with Crippen molar-refractivity contribution in [2.45, 2.75) is 19.8 Å². The smallest absolute Gasteiger partial charge is 0.303 e. The maximum absolute atomic E-state index is 12.0. The van der Waals surface area contributed by atoms with Gasteiger partial charge in [0.15, 0.2) is 5.82 Å². The lowest BCUT2D eigenvalue weighted by Gasteiger charge is -2.06. The number of pyridine rings is 1. The van der Waals surface area contributed by atoms with Gasteiger partial charge in [-0.15, -0.1) is 0 Å². The largest absolute Gasteiger partial charge is 0.481 e. The van der Waals surface area contributed by atoms with Gasteiger partial charge in [-0.25, -0.2) is 4.98 Å². The molecule has 20 heavy (non-hydrogen) atoms. The summed E-state index contributed by atoms with van der Waals surface area (Å²) >= 11 is 3.28. The van der Waals surface area contributed by atoms with E-state index in [9.17, 15) is 9.59 Å². The van der Waals surface area contributed by atoms with Crippen LogP contribution in [0.25, 0.3) is 11.5 Å². The number of carboxylic acids is 1. The first-order chi connectivity index (χ1) is 9.47. The molecule has 0 saturated carbocycles. The first kappa shape index (κ1) is 14.4. The van der Waals surface area contributed by atoms with Crippen molar-refractivity contribution in [3.63, 3.8) is 0 Å². The van der Waals surface area contributed by atoms with Crippen LogP contribution in [0, 0.1) is 6.92 Å². The number of aromatic nitrogens is 3. The number of rotatable bonds is 4. The molecule has 0 bridgehead atoms. The summed E-state index contributed by atoms with van der Waals surface area (Å²) in [7, 11) is 0. The second-order valence-corrected chi connectivity index (χ2v) is 5.15. The third-order valence-corrected chi connectivity index (χ3v) is 3.25. The molecule has 0 atom stereocenters. The molecule has 6 nitrogen and oxygen atoms in total. The summed E-state index contributed by atoms with van der Waals surface area (Å²) < 4.78 is 0.832. The molecular weight excluding hydrogens is 326 g/mol.